The van der Waals surface area contributed by atoms with Crippen LogP contribution in [0.15, 0.2) is 28.8 Å². The lowest BCUT2D eigenvalue weighted by Gasteiger charge is -2.32. The van der Waals surface area contributed by atoms with Crippen molar-refractivity contribution in [2.45, 2.75) is 32.0 Å². The molecule has 0 saturated heterocycles. The Bertz CT molecular complexity index is 750. The van der Waals surface area contributed by atoms with Gasteiger partial charge < -0.3 is 14.6 Å². The van der Waals surface area contributed by atoms with E-state index < -0.39 is 12.0 Å². The zero-order chi connectivity index (χ0) is 17.3. The maximum Gasteiger partial charge on any atom is 0.482 e. The van der Waals surface area contributed by atoms with Crippen molar-refractivity contribution in [1.29, 1.82) is 0 Å². The van der Waals surface area contributed by atoms with E-state index in [2.05, 4.69) is 20.2 Å². The lowest BCUT2D eigenvalue weighted by Crippen LogP contribution is -2.50. The van der Waals surface area contributed by atoms with Crippen LogP contribution in [-0.2, 0) is 17.8 Å². The lowest BCUT2D eigenvalue weighted by atomic mass is 10.2. The summed E-state index contributed by atoms with van der Waals surface area (Å²) in [4.78, 5) is 17.0. The van der Waals surface area contributed by atoms with Gasteiger partial charge in [0, 0.05) is 12.5 Å². The average Bonchev–Trinajstić information content (AvgIpc) is 2.98. The molecular weight excluding hydrogens is 322 g/mol. The number of aromatic nitrogens is 2. The van der Waals surface area contributed by atoms with E-state index in [1.807, 2.05) is 6.92 Å². The molecule has 2 aromatic rings. The maximum absolute atomic E-state index is 13.8. The molecule has 128 valence electrons. The lowest BCUT2D eigenvalue weighted by molar-refractivity contribution is -0.193. The van der Waals surface area contributed by atoms with E-state index in [0.717, 1.165) is 4.90 Å². The molecule has 1 amide bonds. The molecule has 9 heteroatoms. The smallest absolute Gasteiger partial charge is 0.423 e. The summed E-state index contributed by atoms with van der Waals surface area (Å²) in [6.45, 7) is 1.69. The third kappa shape index (κ3) is 3.07. The predicted octanol–water partition coefficient (Wildman–Crippen LogP) is 1.74. The van der Waals surface area contributed by atoms with Crippen LogP contribution in [-0.4, -0.2) is 35.2 Å². The highest BCUT2D eigenvalue weighted by Gasteiger charge is 2.50. The molecule has 0 spiro atoms. The molecule has 0 bridgehead atoms. The van der Waals surface area contributed by atoms with Crippen LogP contribution in [0.4, 0.5) is 14.5 Å². The number of nitrogens with one attached hydrogen (secondary N) is 1. The van der Waals surface area contributed by atoms with E-state index in [1.54, 1.807) is 19.2 Å². The van der Waals surface area contributed by atoms with Gasteiger partial charge in [-0.2, -0.15) is 13.8 Å². The molecule has 1 aromatic heterocycles. The van der Waals surface area contributed by atoms with Crippen LogP contribution in [0.5, 0.6) is 5.75 Å². The molecule has 1 unspecified atom stereocenters. The number of carbonyl (C=O) groups excluding carboxylic acids is 1. The second-order valence-electron chi connectivity index (χ2n) is 5.48. The number of alkyl halides is 2. The van der Waals surface area contributed by atoms with Crippen LogP contribution in [0, 0.1) is 0 Å². The van der Waals surface area contributed by atoms with Crippen LogP contribution >= 0.6 is 0 Å². The molecule has 7 nitrogen and oxygen atoms in total. The number of hydrogen-bond donors (Lipinski definition) is 1. The summed E-state index contributed by atoms with van der Waals surface area (Å²) >= 11 is 0. The number of hydrogen-bond acceptors (Lipinski definition) is 6. The van der Waals surface area contributed by atoms with Crippen molar-refractivity contribution in [1.82, 2.24) is 15.5 Å². The van der Waals surface area contributed by atoms with Gasteiger partial charge in [-0.15, -0.1) is 0 Å². The fourth-order valence-electron chi connectivity index (χ4n) is 2.32. The summed E-state index contributed by atoms with van der Waals surface area (Å²) in [6.07, 6.45) is -3.42. The molecule has 1 aliphatic heterocycles. The Labute approximate surface area is 136 Å². The molecule has 0 aliphatic carbocycles. The van der Waals surface area contributed by atoms with Crippen molar-refractivity contribution >= 4 is 11.6 Å². The summed E-state index contributed by atoms with van der Waals surface area (Å²) in [7, 11) is 1.80. The first kappa shape index (κ1) is 16.3. The van der Waals surface area contributed by atoms with Crippen LogP contribution in [0.3, 0.4) is 0 Å². The molecular formula is C15H16F2N4O3. The quantitative estimate of drug-likeness (QED) is 0.894. The highest BCUT2D eigenvalue weighted by Crippen LogP contribution is 2.39. The number of carbonyl (C=O) groups is 1. The Kier molecular flexibility index (Phi) is 4.18. The minimum Gasteiger partial charge on any atom is -0.423 e. The van der Waals surface area contributed by atoms with E-state index in [0.29, 0.717) is 12.2 Å². The molecule has 0 radical (unpaired) electrons. The number of likely N-dealkylation sites (N-methyl/N-ethyl adjacent to an activating group) is 1. The Morgan fingerprint density at radius 2 is 2.12 bits per heavy atom. The van der Waals surface area contributed by atoms with Crippen molar-refractivity contribution in [3.63, 3.8) is 0 Å². The third-order valence-corrected chi connectivity index (χ3v) is 3.67. The Hall–Kier alpha value is -2.55. The fourth-order valence-corrected chi connectivity index (χ4v) is 2.32. The predicted molar refractivity (Wildman–Crippen MR) is 79.7 cm³/mol. The van der Waals surface area contributed by atoms with Gasteiger partial charge in [0.1, 0.15) is 6.54 Å². The van der Waals surface area contributed by atoms with Gasteiger partial charge in [-0.25, -0.2) is 0 Å². The van der Waals surface area contributed by atoms with Crippen LogP contribution in [0.25, 0.3) is 0 Å². The third-order valence-electron chi connectivity index (χ3n) is 3.67. The molecule has 2 heterocycles. The number of ether oxygens (including phenoxy) is 1. The van der Waals surface area contributed by atoms with E-state index >= 15 is 0 Å². The van der Waals surface area contributed by atoms with Gasteiger partial charge in [0.2, 0.25) is 5.89 Å². The molecule has 3 rings (SSSR count). The number of halogens is 2. The van der Waals surface area contributed by atoms with Crippen molar-refractivity contribution in [3.8, 4) is 5.75 Å². The van der Waals surface area contributed by atoms with Gasteiger partial charge in [0.15, 0.2) is 11.6 Å². The SMILES string of the molecule is CNC(C)Cc1noc(CN2C(=O)C(F)(F)Oc3ccccc32)n1. The Morgan fingerprint density at radius 3 is 2.88 bits per heavy atom. The minimum atomic E-state index is -3.93. The number of benzene rings is 1. The average molecular weight is 338 g/mol. The van der Waals surface area contributed by atoms with Gasteiger partial charge in [-0.1, -0.05) is 17.3 Å². The number of rotatable bonds is 5. The Morgan fingerprint density at radius 1 is 1.38 bits per heavy atom. The van der Waals surface area contributed by atoms with Crippen molar-refractivity contribution in [3.05, 3.63) is 36.0 Å². The first-order chi connectivity index (χ1) is 11.4. The zero-order valence-corrected chi connectivity index (χ0v) is 13.1. The summed E-state index contributed by atoms with van der Waals surface area (Å²) in [5.74, 6) is -1.03. The standard InChI is InChI=1S/C15H16F2N4O3/c1-9(18-2)7-12-19-13(24-20-12)8-21-10-5-3-4-6-11(10)23-15(16,17)14(21)22/h3-6,9,18H,7-8H2,1-2H3. The van der Waals surface area contributed by atoms with Gasteiger partial charge >= 0.3 is 12.0 Å². The minimum absolute atomic E-state index is 0.0779. The Balaban J connectivity index is 1.85. The molecule has 0 saturated carbocycles. The maximum atomic E-state index is 13.8. The zero-order valence-electron chi connectivity index (χ0n) is 13.1. The van der Waals surface area contributed by atoms with Crippen LogP contribution in [0.2, 0.25) is 0 Å². The molecule has 1 aromatic carbocycles. The second kappa shape index (κ2) is 6.16. The van der Waals surface area contributed by atoms with Gasteiger partial charge in [-0.05, 0) is 26.1 Å². The van der Waals surface area contributed by atoms with E-state index in [9.17, 15) is 13.6 Å². The van der Waals surface area contributed by atoms with Gasteiger partial charge in [0.05, 0.1) is 5.69 Å². The highest BCUT2D eigenvalue weighted by atomic mass is 19.3. The number of nitrogens with zero attached hydrogens (tertiary/aromatic N) is 3. The van der Waals surface area contributed by atoms with Crippen molar-refractivity contribution < 1.29 is 22.8 Å². The first-order valence-corrected chi connectivity index (χ1v) is 7.37. The molecule has 24 heavy (non-hydrogen) atoms. The van der Waals surface area contributed by atoms with E-state index in [-0.39, 0.29) is 29.9 Å². The normalized spacial score (nSPS) is 17.3. The summed E-state index contributed by atoms with van der Waals surface area (Å²) in [5, 5.41) is 6.84. The number of para-hydroxylation sites is 2. The van der Waals surface area contributed by atoms with E-state index in [1.165, 1.54) is 12.1 Å². The molecule has 1 aliphatic rings. The number of fused-ring (bicyclic) bond motifs is 1. The molecule has 1 atom stereocenters. The topological polar surface area (TPSA) is 80.5 Å². The number of amides is 1. The summed E-state index contributed by atoms with van der Waals surface area (Å²) < 4.78 is 37.1. The van der Waals surface area contributed by atoms with Crippen molar-refractivity contribution in [2.24, 2.45) is 0 Å². The molecule has 1 N–H and O–H groups in total. The summed E-state index contributed by atoms with van der Waals surface area (Å²) in [6, 6.07) is 6.19. The number of anilines is 1. The van der Waals surface area contributed by atoms with E-state index in [4.69, 9.17) is 4.52 Å². The van der Waals surface area contributed by atoms with Crippen LogP contribution < -0.4 is 15.0 Å². The van der Waals surface area contributed by atoms with Gasteiger partial charge in [-0.3, -0.25) is 9.69 Å². The summed E-state index contributed by atoms with van der Waals surface area (Å²) in [5.41, 5.74) is 0.233. The van der Waals surface area contributed by atoms with Gasteiger partial charge in [0.25, 0.3) is 0 Å². The first-order valence-electron chi connectivity index (χ1n) is 7.37. The molecule has 0 fully saturated rings. The largest absolute Gasteiger partial charge is 0.482 e. The second-order valence-corrected chi connectivity index (χ2v) is 5.48. The monoisotopic (exact) mass is 338 g/mol. The fraction of sp³-hybridized carbons (Fsp3) is 0.400. The van der Waals surface area contributed by atoms with Crippen molar-refractivity contribution in [2.75, 3.05) is 11.9 Å². The van der Waals surface area contributed by atoms with Crippen LogP contribution in [0.1, 0.15) is 18.6 Å². The highest BCUT2D eigenvalue weighted by molar-refractivity contribution is 6.00.